The number of hydrogen-bond donors (Lipinski definition) is 0. The van der Waals surface area contributed by atoms with Crippen molar-refractivity contribution < 1.29 is 4.39 Å². The topological polar surface area (TPSA) is 56.0 Å². The SMILES string of the molecule is Fc1cccc(/C=C/c2nn3c(-c4cccnc4)nnc3s2)c1. The molecule has 0 spiro atoms. The number of aromatic nitrogens is 5. The van der Waals surface area contributed by atoms with E-state index in [0.29, 0.717) is 10.8 Å². The molecular weight excluding hydrogens is 313 g/mol. The Morgan fingerprint density at radius 2 is 2.04 bits per heavy atom. The minimum absolute atomic E-state index is 0.260. The molecule has 23 heavy (non-hydrogen) atoms. The Kier molecular flexibility index (Phi) is 3.39. The van der Waals surface area contributed by atoms with Crippen molar-refractivity contribution in [1.82, 2.24) is 24.8 Å². The highest BCUT2D eigenvalue weighted by molar-refractivity contribution is 7.17. The fourth-order valence-electron chi connectivity index (χ4n) is 2.15. The van der Waals surface area contributed by atoms with Gasteiger partial charge < -0.3 is 0 Å². The van der Waals surface area contributed by atoms with Crippen molar-refractivity contribution in [3.63, 3.8) is 0 Å². The van der Waals surface area contributed by atoms with E-state index in [4.69, 9.17) is 0 Å². The molecule has 0 aliphatic heterocycles. The summed E-state index contributed by atoms with van der Waals surface area (Å²) >= 11 is 1.41. The van der Waals surface area contributed by atoms with E-state index >= 15 is 0 Å². The van der Waals surface area contributed by atoms with Gasteiger partial charge in [-0.15, -0.1) is 10.2 Å². The van der Waals surface area contributed by atoms with E-state index in [9.17, 15) is 4.39 Å². The first-order chi connectivity index (χ1) is 11.3. The molecule has 3 heterocycles. The maximum atomic E-state index is 13.2. The number of nitrogens with zero attached hydrogens (tertiary/aromatic N) is 5. The summed E-state index contributed by atoms with van der Waals surface area (Å²) in [7, 11) is 0. The maximum Gasteiger partial charge on any atom is 0.235 e. The van der Waals surface area contributed by atoms with Crippen LogP contribution in [0.4, 0.5) is 4.39 Å². The molecule has 0 aliphatic rings. The van der Waals surface area contributed by atoms with Crippen molar-refractivity contribution in [2.45, 2.75) is 0 Å². The third-order valence-electron chi connectivity index (χ3n) is 3.19. The minimum atomic E-state index is -0.260. The van der Waals surface area contributed by atoms with Crippen molar-refractivity contribution in [2.75, 3.05) is 0 Å². The van der Waals surface area contributed by atoms with Gasteiger partial charge in [0.15, 0.2) is 5.82 Å². The number of fused-ring (bicyclic) bond motifs is 1. The molecule has 3 aromatic heterocycles. The van der Waals surface area contributed by atoms with E-state index in [1.54, 1.807) is 23.0 Å². The third kappa shape index (κ3) is 2.74. The van der Waals surface area contributed by atoms with Gasteiger partial charge in [0, 0.05) is 18.0 Å². The highest BCUT2D eigenvalue weighted by Crippen LogP contribution is 2.22. The molecule has 5 nitrogen and oxygen atoms in total. The quantitative estimate of drug-likeness (QED) is 0.578. The van der Waals surface area contributed by atoms with E-state index in [1.165, 1.54) is 23.5 Å². The number of pyridine rings is 1. The van der Waals surface area contributed by atoms with Gasteiger partial charge >= 0.3 is 0 Å². The summed E-state index contributed by atoms with van der Waals surface area (Å²) in [5.74, 6) is 0.388. The average Bonchev–Trinajstić information content (AvgIpc) is 3.14. The van der Waals surface area contributed by atoms with Crippen molar-refractivity contribution in [1.29, 1.82) is 0 Å². The molecule has 7 heteroatoms. The van der Waals surface area contributed by atoms with Gasteiger partial charge in [0.2, 0.25) is 4.96 Å². The van der Waals surface area contributed by atoms with Crippen molar-refractivity contribution in [3.8, 4) is 11.4 Å². The molecule has 0 radical (unpaired) electrons. The maximum absolute atomic E-state index is 13.2. The smallest absolute Gasteiger partial charge is 0.235 e. The molecule has 4 aromatic rings. The second kappa shape index (κ2) is 5.69. The van der Waals surface area contributed by atoms with Gasteiger partial charge in [0.05, 0.1) is 0 Å². The third-order valence-corrected chi connectivity index (χ3v) is 4.06. The van der Waals surface area contributed by atoms with E-state index in [1.807, 2.05) is 30.4 Å². The highest BCUT2D eigenvalue weighted by Gasteiger charge is 2.12. The highest BCUT2D eigenvalue weighted by atomic mass is 32.1. The van der Waals surface area contributed by atoms with Crippen LogP contribution in [0, 0.1) is 5.82 Å². The number of benzene rings is 1. The molecular formula is C16H10FN5S. The zero-order chi connectivity index (χ0) is 15.6. The van der Waals surface area contributed by atoms with Gasteiger partial charge in [-0.05, 0) is 35.9 Å². The van der Waals surface area contributed by atoms with Crippen LogP contribution >= 0.6 is 11.3 Å². The van der Waals surface area contributed by atoms with Crippen LogP contribution in [0.15, 0.2) is 48.8 Å². The standard InChI is InChI=1S/C16H10FN5S/c17-13-5-1-3-11(9-13)6-7-14-21-22-15(19-20-16(22)23-14)12-4-2-8-18-10-12/h1-10H/b7-6+. The van der Waals surface area contributed by atoms with Crippen LogP contribution < -0.4 is 0 Å². The Hall–Kier alpha value is -2.93. The van der Waals surface area contributed by atoms with Crippen LogP contribution in [0.3, 0.4) is 0 Å². The minimum Gasteiger partial charge on any atom is -0.264 e. The zero-order valence-electron chi connectivity index (χ0n) is 11.8. The predicted octanol–water partition coefficient (Wildman–Crippen LogP) is 3.56. The molecule has 4 rings (SSSR count). The van der Waals surface area contributed by atoms with E-state index < -0.39 is 0 Å². The summed E-state index contributed by atoms with van der Waals surface area (Å²) < 4.78 is 14.9. The van der Waals surface area contributed by atoms with Gasteiger partial charge in [0.25, 0.3) is 0 Å². The molecule has 0 unspecified atom stereocenters. The lowest BCUT2D eigenvalue weighted by molar-refractivity contribution is 0.627. The zero-order valence-corrected chi connectivity index (χ0v) is 12.6. The lowest BCUT2D eigenvalue weighted by Crippen LogP contribution is -1.91. The van der Waals surface area contributed by atoms with E-state index in [-0.39, 0.29) is 5.82 Å². The fraction of sp³-hybridized carbons (Fsp3) is 0. The molecule has 0 atom stereocenters. The lowest BCUT2D eigenvalue weighted by atomic mass is 10.2. The van der Waals surface area contributed by atoms with Crippen LogP contribution in [0.25, 0.3) is 28.5 Å². The van der Waals surface area contributed by atoms with Crippen LogP contribution in [0.1, 0.15) is 10.6 Å². The van der Waals surface area contributed by atoms with Crippen LogP contribution in [-0.2, 0) is 0 Å². The number of rotatable bonds is 3. The van der Waals surface area contributed by atoms with Gasteiger partial charge in [-0.25, -0.2) is 4.39 Å². The van der Waals surface area contributed by atoms with Crippen molar-refractivity contribution in [3.05, 3.63) is 65.2 Å². The summed E-state index contributed by atoms with van der Waals surface area (Å²) in [4.78, 5) is 4.78. The molecule has 0 amide bonds. The molecule has 0 saturated heterocycles. The molecule has 0 N–H and O–H groups in total. The Labute approximate surface area is 134 Å². The van der Waals surface area contributed by atoms with Gasteiger partial charge in [-0.1, -0.05) is 29.5 Å². The second-order valence-corrected chi connectivity index (χ2v) is 5.78. The summed E-state index contributed by atoms with van der Waals surface area (Å²) in [6.45, 7) is 0. The molecule has 1 aromatic carbocycles. The van der Waals surface area contributed by atoms with Gasteiger partial charge in [-0.2, -0.15) is 9.61 Å². The molecule has 112 valence electrons. The summed E-state index contributed by atoms with van der Waals surface area (Å²) in [5, 5.41) is 13.5. The van der Waals surface area contributed by atoms with Crippen LogP contribution in [-0.4, -0.2) is 24.8 Å². The molecule has 0 bridgehead atoms. The predicted molar refractivity (Wildman–Crippen MR) is 87.2 cm³/mol. The van der Waals surface area contributed by atoms with Gasteiger partial charge in [-0.3, -0.25) is 4.98 Å². The number of hydrogen-bond acceptors (Lipinski definition) is 5. The van der Waals surface area contributed by atoms with Crippen LogP contribution in [0.5, 0.6) is 0 Å². The molecule has 0 fully saturated rings. The first kappa shape index (κ1) is 13.7. The fourth-order valence-corrected chi connectivity index (χ4v) is 2.89. The van der Waals surface area contributed by atoms with Crippen LogP contribution in [0.2, 0.25) is 0 Å². The van der Waals surface area contributed by atoms with E-state index in [0.717, 1.165) is 16.1 Å². The summed E-state index contributed by atoms with van der Waals surface area (Å²) in [5.41, 5.74) is 1.63. The molecule has 0 aliphatic carbocycles. The van der Waals surface area contributed by atoms with Crippen molar-refractivity contribution in [2.24, 2.45) is 0 Å². The van der Waals surface area contributed by atoms with Gasteiger partial charge in [0.1, 0.15) is 10.8 Å². The summed E-state index contributed by atoms with van der Waals surface area (Å²) in [6.07, 6.45) is 7.08. The Bertz CT molecular complexity index is 990. The second-order valence-electron chi connectivity index (χ2n) is 4.79. The Balaban J connectivity index is 1.69. The largest absolute Gasteiger partial charge is 0.264 e. The first-order valence-electron chi connectivity index (χ1n) is 6.86. The number of halogens is 1. The lowest BCUT2D eigenvalue weighted by Gasteiger charge is -1.94. The normalized spacial score (nSPS) is 11.5. The Morgan fingerprint density at radius 3 is 2.87 bits per heavy atom. The van der Waals surface area contributed by atoms with E-state index in [2.05, 4.69) is 20.3 Å². The summed E-state index contributed by atoms with van der Waals surface area (Å²) in [6, 6.07) is 10.1. The average molecular weight is 323 g/mol. The molecule has 0 saturated carbocycles. The Morgan fingerprint density at radius 1 is 1.09 bits per heavy atom. The van der Waals surface area contributed by atoms with Crippen molar-refractivity contribution >= 4 is 28.4 Å². The monoisotopic (exact) mass is 323 g/mol. The first-order valence-corrected chi connectivity index (χ1v) is 7.67.